The van der Waals surface area contributed by atoms with Gasteiger partial charge in [-0.25, -0.2) is 0 Å². The Labute approximate surface area is 59.8 Å². The van der Waals surface area contributed by atoms with Crippen LogP contribution in [0.25, 0.3) is 0 Å². The molecule has 0 aromatic heterocycles. The zero-order valence-electron chi connectivity index (χ0n) is 6.03. The van der Waals surface area contributed by atoms with Crippen molar-refractivity contribution < 1.29 is 14.4 Å². The van der Waals surface area contributed by atoms with Crippen molar-refractivity contribution in [3.8, 4) is 0 Å². The molecule has 0 saturated carbocycles. The highest BCUT2D eigenvalue weighted by molar-refractivity contribution is 7.53. The normalized spacial score (nSPS) is 18.5. The van der Waals surface area contributed by atoms with Gasteiger partial charge in [0.05, 0.1) is 0 Å². The Kier molecular flexibility index (Phi) is 3.00. The van der Waals surface area contributed by atoms with Gasteiger partial charge < -0.3 is 20.8 Å². The number of hydrogen-bond donors (Lipinski definition) is 4. The minimum Gasteiger partial charge on any atom is -0.328 e. The quantitative estimate of drug-likeness (QED) is 0.408. The summed E-state index contributed by atoms with van der Waals surface area (Å²) in [4.78, 5) is 17.4. The molecule has 5 nitrogen and oxygen atoms in total. The van der Waals surface area contributed by atoms with E-state index >= 15 is 0 Å². The first-order valence-electron chi connectivity index (χ1n) is 2.82. The molecule has 6 heteroatoms. The fourth-order valence-corrected chi connectivity index (χ4v) is 0.896. The number of likely N-dealkylation sites (N-methyl/N-ethyl adjacent to an activating group) is 1. The minimum absolute atomic E-state index is 0.0895. The van der Waals surface area contributed by atoms with E-state index in [1.807, 2.05) is 0 Å². The van der Waals surface area contributed by atoms with E-state index in [0.717, 1.165) is 0 Å². The minimum atomic E-state index is -4.12. The van der Waals surface area contributed by atoms with Gasteiger partial charge in [-0.15, -0.1) is 0 Å². The molecule has 0 radical (unpaired) electrons. The van der Waals surface area contributed by atoms with Crippen molar-refractivity contribution >= 4 is 7.60 Å². The first-order valence-corrected chi connectivity index (χ1v) is 4.43. The molecule has 0 fully saturated rings. The second-order valence-electron chi connectivity index (χ2n) is 2.27. The van der Waals surface area contributed by atoms with Crippen LogP contribution in [0.1, 0.15) is 6.92 Å². The van der Waals surface area contributed by atoms with E-state index < -0.39 is 12.9 Å². The molecule has 0 rings (SSSR count). The molecule has 1 atom stereocenters. The number of nitrogens with one attached hydrogen (secondary N) is 1. The maximum Gasteiger partial charge on any atom is 0.346 e. The fraction of sp³-hybridized carbons (Fsp3) is 1.00. The number of nitrogens with two attached hydrogens (primary N) is 1. The lowest BCUT2D eigenvalue weighted by Crippen LogP contribution is -2.46. The molecule has 0 aliphatic heterocycles. The van der Waals surface area contributed by atoms with Gasteiger partial charge in [0.2, 0.25) is 0 Å². The Morgan fingerprint density at radius 3 is 2.10 bits per heavy atom. The van der Waals surface area contributed by atoms with Crippen LogP contribution >= 0.6 is 7.60 Å². The highest BCUT2D eigenvalue weighted by atomic mass is 31.2. The van der Waals surface area contributed by atoms with E-state index in [9.17, 15) is 4.57 Å². The monoisotopic (exact) mass is 168 g/mol. The average Bonchev–Trinajstić information content (AvgIpc) is 1.84. The Hall–Kier alpha value is 0.0700. The fourth-order valence-electron chi connectivity index (χ4n) is 0.367. The topological polar surface area (TPSA) is 95.6 Å². The summed E-state index contributed by atoms with van der Waals surface area (Å²) >= 11 is 0. The molecule has 0 bridgehead atoms. The molecule has 0 unspecified atom stereocenters. The Morgan fingerprint density at radius 2 is 2.10 bits per heavy atom. The summed E-state index contributed by atoms with van der Waals surface area (Å²) in [6.45, 7) is 1.29. The summed E-state index contributed by atoms with van der Waals surface area (Å²) in [5, 5.41) is 1.20. The van der Waals surface area contributed by atoms with Crippen molar-refractivity contribution in [2.75, 3.05) is 13.6 Å². The SMILES string of the molecule is CN[C@@](C)(CN)P(=O)(O)O. The summed E-state index contributed by atoms with van der Waals surface area (Å²) in [5.41, 5.74) is 5.15. The summed E-state index contributed by atoms with van der Waals surface area (Å²) in [5.74, 6) is 0. The van der Waals surface area contributed by atoms with Gasteiger partial charge in [-0.1, -0.05) is 0 Å². The molecule has 0 heterocycles. The van der Waals surface area contributed by atoms with Crippen LogP contribution in [-0.2, 0) is 4.57 Å². The van der Waals surface area contributed by atoms with E-state index in [1.54, 1.807) is 0 Å². The van der Waals surface area contributed by atoms with E-state index in [0.29, 0.717) is 0 Å². The molecule has 0 aliphatic carbocycles. The second kappa shape index (κ2) is 2.98. The van der Waals surface area contributed by atoms with Crippen molar-refractivity contribution in [2.24, 2.45) is 5.73 Å². The van der Waals surface area contributed by atoms with Crippen LogP contribution < -0.4 is 11.1 Å². The van der Waals surface area contributed by atoms with Crippen molar-refractivity contribution in [3.63, 3.8) is 0 Å². The van der Waals surface area contributed by atoms with Crippen LogP contribution in [0.5, 0.6) is 0 Å². The first kappa shape index (κ1) is 10.1. The molecular weight excluding hydrogens is 155 g/mol. The highest BCUT2D eigenvalue weighted by Crippen LogP contribution is 2.47. The van der Waals surface area contributed by atoms with Gasteiger partial charge in [-0.3, -0.25) is 4.57 Å². The maximum absolute atomic E-state index is 10.7. The van der Waals surface area contributed by atoms with Gasteiger partial charge in [0, 0.05) is 6.54 Å². The molecule has 5 N–H and O–H groups in total. The predicted molar refractivity (Wildman–Crippen MR) is 38.6 cm³/mol. The van der Waals surface area contributed by atoms with Crippen molar-refractivity contribution in [3.05, 3.63) is 0 Å². The predicted octanol–water partition coefficient (Wildman–Crippen LogP) is -0.942. The molecular formula is C4H13N2O3P. The molecule has 0 aliphatic rings. The summed E-state index contributed by atoms with van der Waals surface area (Å²) < 4.78 is 10.7. The molecule has 62 valence electrons. The van der Waals surface area contributed by atoms with Crippen molar-refractivity contribution in [1.29, 1.82) is 0 Å². The molecule has 0 saturated heterocycles. The van der Waals surface area contributed by atoms with Gasteiger partial charge in [0.25, 0.3) is 0 Å². The lowest BCUT2D eigenvalue weighted by Gasteiger charge is -2.27. The Morgan fingerprint density at radius 1 is 1.70 bits per heavy atom. The average molecular weight is 168 g/mol. The lowest BCUT2D eigenvalue weighted by atomic mass is 10.3. The van der Waals surface area contributed by atoms with Crippen LogP contribution in [0.2, 0.25) is 0 Å². The zero-order chi connectivity index (χ0) is 8.41. The van der Waals surface area contributed by atoms with Crippen molar-refractivity contribution in [2.45, 2.75) is 12.2 Å². The van der Waals surface area contributed by atoms with Gasteiger partial charge >= 0.3 is 7.60 Å². The highest BCUT2D eigenvalue weighted by Gasteiger charge is 2.39. The summed E-state index contributed by atoms with van der Waals surface area (Å²) in [6.07, 6.45) is 0. The van der Waals surface area contributed by atoms with E-state index in [1.165, 1.54) is 14.0 Å². The third-order valence-corrected chi connectivity index (χ3v) is 3.27. The zero-order valence-corrected chi connectivity index (χ0v) is 6.93. The van der Waals surface area contributed by atoms with Gasteiger partial charge in [-0.05, 0) is 14.0 Å². The van der Waals surface area contributed by atoms with Gasteiger partial charge in [-0.2, -0.15) is 0 Å². The smallest absolute Gasteiger partial charge is 0.328 e. The lowest BCUT2D eigenvalue weighted by molar-refractivity contribution is 0.316. The molecule has 0 amide bonds. The largest absolute Gasteiger partial charge is 0.346 e. The molecule has 0 aromatic carbocycles. The first-order chi connectivity index (χ1) is 4.37. The molecule has 0 spiro atoms. The third-order valence-electron chi connectivity index (χ3n) is 1.58. The van der Waals surface area contributed by atoms with Gasteiger partial charge in [0.1, 0.15) is 5.28 Å². The third kappa shape index (κ3) is 1.78. The molecule has 0 aromatic rings. The van der Waals surface area contributed by atoms with Crippen LogP contribution in [0.4, 0.5) is 0 Å². The second-order valence-corrected chi connectivity index (χ2v) is 4.35. The summed E-state index contributed by atoms with van der Waals surface area (Å²) in [7, 11) is -2.66. The van der Waals surface area contributed by atoms with Crippen molar-refractivity contribution in [1.82, 2.24) is 5.32 Å². The van der Waals surface area contributed by atoms with E-state index in [2.05, 4.69) is 5.32 Å². The Balaban J connectivity index is 4.50. The molecule has 10 heavy (non-hydrogen) atoms. The van der Waals surface area contributed by atoms with Crippen LogP contribution in [-0.4, -0.2) is 28.7 Å². The standard InChI is InChI=1S/C4H13N2O3P/c1-4(3-5,6-2)10(7,8)9/h6H,3,5H2,1-2H3,(H2,7,8,9)/t4-/m1/s1. The number of hydrogen-bond acceptors (Lipinski definition) is 3. The van der Waals surface area contributed by atoms with Crippen LogP contribution in [0.3, 0.4) is 0 Å². The van der Waals surface area contributed by atoms with Gasteiger partial charge in [0.15, 0.2) is 0 Å². The van der Waals surface area contributed by atoms with Crippen LogP contribution in [0, 0.1) is 0 Å². The summed E-state index contributed by atoms with van der Waals surface area (Å²) in [6, 6.07) is 0. The van der Waals surface area contributed by atoms with E-state index in [-0.39, 0.29) is 6.54 Å². The van der Waals surface area contributed by atoms with E-state index in [4.69, 9.17) is 15.5 Å². The van der Waals surface area contributed by atoms with Crippen LogP contribution in [0.15, 0.2) is 0 Å². The number of rotatable bonds is 3. The Bertz CT molecular complexity index is 151. The maximum atomic E-state index is 10.7.